The lowest BCUT2D eigenvalue weighted by Gasteiger charge is -2.20. The Morgan fingerprint density at radius 3 is 2.89 bits per heavy atom. The first-order valence-electron chi connectivity index (χ1n) is 6.24. The van der Waals surface area contributed by atoms with E-state index in [1.807, 2.05) is 18.2 Å². The molecular weight excluding hydrogens is 244 g/mol. The van der Waals surface area contributed by atoms with E-state index < -0.39 is 0 Å². The minimum absolute atomic E-state index is 0.199. The maximum absolute atomic E-state index is 5.33. The smallest absolute Gasteiger partial charge is 0.157 e. The average molecular weight is 264 g/mol. The lowest BCUT2D eigenvalue weighted by Crippen LogP contribution is -2.39. The molecule has 0 amide bonds. The summed E-state index contributed by atoms with van der Waals surface area (Å²) < 4.78 is 5.33. The zero-order valence-corrected chi connectivity index (χ0v) is 12.0. The van der Waals surface area contributed by atoms with Crippen molar-refractivity contribution in [2.75, 3.05) is 12.9 Å². The normalized spacial score (nSPS) is 25.2. The van der Waals surface area contributed by atoms with Crippen LogP contribution in [0.15, 0.2) is 29.3 Å². The predicted octanol–water partition coefficient (Wildman–Crippen LogP) is 3.06. The molecule has 1 N–H and O–H groups in total. The van der Waals surface area contributed by atoms with E-state index >= 15 is 0 Å². The molecule has 0 bridgehead atoms. The Morgan fingerprint density at radius 1 is 1.44 bits per heavy atom. The van der Waals surface area contributed by atoms with E-state index in [1.165, 1.54) is 0 Å². The van der Waals surface area contributed by atoms with Gasteiger partial charge < -0.3 is 10.1 Å². The number of ether oxygens (including phenoxy) is 1. The van der Waals surface area contributed by atoms with Crippen LogP contribution >= 0.6 is 11.8 Å². The lowest BCUT2D eigenvalue weighted by molar-refractivity contribution is 0.410. The molecule has 0 saturated carbocycles. The Labute approximate surface area is 113 Å². The van der Waals surface area contributed by atoms with E-state index in [0.29, 0.717) is 6.54 Å². The van der Waals surface area contributed by atoms with Crippen LogP contribution in [0.3, 0.4) is 0 Å². The number of nitrogens with zero attached hydrogens (tertiary/aromatic N) is 1. The van der Waals surface area contributed by atoms with Gasteiger partial charge in [0.05, 0.1) is 13.7 Å². The fraction of sp³-hybridized carbons (Fsp3) is 0.500. The predicted molar refractivity (Wildman–Crippen MR) is 78.4 cm³/mol. The summed E-state index contributed by atoms with van der Waals surface area (Å²) in [5, 5.41) is 4.54. The van der Waals surface area contributed by atoms with E-state index in [9.17, 15) is 0 Å². The first kappa shape index (κ1) is 13.3. The number of hydrogen-bond donors (Lipinski definition) is 1. The molecule has 1 heterocycles. The van der Waals surface area contributed by atoms with Gasteiger partial charge in [0.15, 0.2) is 5.17 Å². The van der Waals surface area contributed by atoms with Crippen LogP contribution in [-0.4, -0.2) is 23.6 Å². The van der Waals surface area contributed by atoms with Crippen molar-refractivity contribution in [2.45, 2.75) is 32.4 Å². The monoisotopic (exact) mass is 264 g/mol. The Hall–Kier alpha value is -1.16. The Morgan fingerprint density at radius 2 is 2.22 bits per heavy atom. The molecule has 1 aliphatic heterocycles. The first-order chi connectivity index (χ1) is 8.67. The third-order valence-corrected chi connectivity index (χ3v) is 4.59. The summed E-state index contributed by atoms with van der Waals surface area (Å²) in [5.74, 6) is 2.00. The van der Waals surface area contributed by atoms with E-state index in [-0.39, 0.29) is 5.54 Å². The highest BCUT2D eigenvalue weighted by Gasteiger charge is 2.30. The van der Waals surface area contributed by atoms with Gasteiger partial charge >= 0.3 is 0 Å². The second-order valence-corrected chi connectivity index (χ2v) is 5.73. The van der Waals surface area contributed by atoms with Gasteiger partial charge in [-0.25, -0.2) is 0 Å². The van der Waals surface area contributed by atoms with Crippen LogP contribution in [0.4, 0.5) is 0 Å². The van der Waals surface area contributed by atoms with Crippen molar-refractivity contribution in [1.29, 1.82) is 0 Å². The van der Waals surface area contributed by atoms with Crippen molar-refractivity contribution < 1.29 is 4.74 Å². The molecule has 1 aliphatic rings. The minimum atomic E-state index is 0.199. The van der Waals surface area contributed by atoms with Gasteiger partial charge in [0, 0.05) is 16.9 Å². The van der Waals surface area contributed by atoms with Gasteiger partial charge in [-0.2, -0.15) is 0 Å². The molecule has 1 fully saturated rings. The standard InChI is InChI=1S/C14H20N2OS/c1-4-14(2)10-18-13(16-14)15-9-11-7-5-6-8-12(11)17-3/h5-8H,4,9-10H2,1-3H3,(H,15,16). The van der Waals surface area contributed by atoms with Crippen LogP contribution in [0.5, 0.6) is 5.75 Å². The largest absolute Gasteiger partial charge is 0.496 e. The summed E-state index contributed by atoms with van der Waals surface area (Å²) in [6.45, 7) is 5.11. The second-order valence-electron chi connectivity index (χ2n) is 4.76. The molecule has 1 aromatic rings. The molecule has 2 rings (SSSR count). The molecule has 0 radical (unpaired) electrons. The molecule has 0 spiro atoms. The third-order valence-electron chi connectivity index (χ3n) is 3.30. The summed E-state index contributed by atoms with van der Waals surface area (Å²) in [6, 6.07) is 8.03. The number of methoxy groups -OCH3 is 1. The Balaban J connectivity index is 2.03. The van der Waals surface area contributed by atoms with Gasteiger partial charge in [0.25, 0.3) is 0 Å². The molecular formula is C14H20N2OS. The highest BCUT2D eigenvalue weighted by atomic mass is 32.2. The highest BCUT2D eigenvalue weighted by Crippen LogP contribution is 2.26. The number of benzene rings is 1. The van der Waals surface area contributed by atoms with E-state index in [0.717, 1.165) is 28.7 Å². The van der Waals surface area contributed by atoms with Crippen LogP contribution in [0.25, 0.3) is 0 Å². The lowest BCUT2D eigenvalue weighted by atomic mass is 10.0. The molecule has 0 aromatic heterocycles. The van der Waals surface area contributed by atoms with Crippen LogP contribution in [0, 0.1) is 0 Å². The van der Waals surface area contributed by atoms with Gasteiger partial charge in [0.2, 0.25) is 0 Å². The number of hydrogen-bond acceptors (Lipinski definition) is 3. The Bertz CT molecular complexity index is 447. The molecule has 98 valence electrons. The number of thioether (sulfide) groups is 1. The second kappa shape index (κ2) is 5.65. The topological polar surface area (TPSA) is 33.6 Å². The third kappa shape index (κ3) is 2.99. The summed E-state index contributed by atoms with van der Waals surface area (Å²) in [4.78, 5) is 4.63. The van der Waals surface area contributed by atoms with Gasteiger partial charge in [-0.3, -0.25) is 4.99 Å². The molecule has 18 heavy (non-hydrogen) atoms. The first-order valence-corrected chi connectivity index (χ1v) is 7.23. The van der Waals surface area contributed by atoms with Crippen molar-refractivity contribution >= 4 is 16.9 Å². The minimum Gasteiger partial charge on any atom is -0.496 e. The molecule has 1 unspecified atom stereocenters. The van der Waals surface area contributed by atoms with Crippen molar-refractivity contribution in [1.82, 2.24) is 5.32 Å². The van der Waals surface area contributed by atoms with Gasteiger partial charge in [-0.15, -0.1) is 0 Å². The maximum Gasteiger partial charge on any atom is 0.157 e. The maximum atomic E-state index is 5.33. The Kier molecular flexibility index (Phi) is 4.17. The number of para-hydroxylation sites is 1. The fourth-order valence-corrected chi connectivity index (χ4v) is 3.03. The quantitative estimate of drug-likeness (QED) is 0.907. The summed E-state index contributed by atoms with van der Waals surface area (Å²) in [7, 11) is 1.70. The zero-order valence-electron chi connectivity index (χ0n) is 11.2. The SMILES string of the molecule is CCC1(C)CSC(=NCc2ccccc2OC)N1. The summed E-state index contributed by atoms with van der Waals surface area (Å²) >= 11 is 1.80. The molecule has 1 saturated heterocycles. The number of aliphatic imine (C=N–C) groups is 1. The fourth-order valence-electron chi connectivity index (χ4n) is 1.82. The number of nitrogens with one attached hydrogen (secondary N) is 1. The summed E-state index contributed by atoms with van der Waals surface area (Å²) in [6.07, 6.45) is 1.12. The average Bonchev–Trinajstić information content (AvgIpc) is 2.79. The summed E-state index contributed by atoms with van der Waals surface area (Å²) in [5.41, 5.74) is 1.32. The van der Waals surface area contributed by atoms with Crippen molar-refractivity contribution in [2.24, 2.45) is 4.99 Å². The number of rotatable bonds is 4. The molecule has 1 aromatic carbocycles. The zero-order chi connectivity index (χ0) is 13.0. The van der Waals surface area contributed by atoms with Gasteiger partial charge in [-0.1, -0.05) is 36.9 Å². The number of amidine groups is 1. The highest BCUT2D eigenvalue weighted by molar-refractivity contribution is 8.14. The van der Waals surface area contributed by atoms with Crippen molar-refractivity contribution in [3.05, 3.63) is 29.8 Å². The van der Waals surface area contributed by atoms with E-state index in [4.69, 9.17) is 4.74 Å². The van der Waals surface area contributed by atoms with Crippen molar-refractivity contribution in [3.8, 4) is 5.75 Å². The van der Waals surface area contributed by atoms with Gasteiger partial charge in [-0.05, 0) is 19.4 Å². The van der Waals surface area contributed by atoms with Gasteiger partial charge in [0.1, 0.15) is 5.75 Å². The van der Waals surface area contributed by atoms with E-state index in [1.54, 1.807) is 18.9 Å². The van der Waals surface area contributed by atoms with Crippen LogP contribution in [0.1, 0.15) is 25.8 Å². The molecule has 4 heteroatoms. The van der Waals surface area contributed by atoms with Crippen LogP contribution < -0.4 is 10.1 Å². The van der Waals surface area contributed by atoms with Crippen LogP contribution in [0.2, 0.25) is 0 Å². The molecule has 0 aliphatic carbocycles. The van der Waals surface area contributed by atoms with Crippen LogP contribution in [-0.2, 0) is 6.54 Å². The molecule has 3 nitrogen and oxygen atoms in total. The molecule has 1 atom stereocenters. The van der Waals surface area contributed by atoms with Crippen molar-refractivity contribution in [3.63, 3.8) is 0 Å². The van der Waals surface area contributed by atoms with E-state index in [2.05, 4.69) is 30.2 Å².